The van der Waals surface area contributed by atoms with Gasteiger partial charge in [-0.05, 0) is 51.4 Å². The lowest BCUT2D eigenvalue weighted by Crippen LogP contribution is -2.52. The number of methoxy groups -OCH3 is 1. The average molecular weight is 456 g/mol. The number of ether oxygens (including phenoxy) is 1. The number of aryl methyl sites for hydroxylation is 1. The smallest absolute Gasteiger partial charge is 0.407 e. The third-order valence-electron chi connectivity index (χ3n) is 7.09. The Kier molecular flexibility index (Phi) is 5.86. The number of piperidine rings is 1. The van der Waals surface area contributed by atoms with Crippen molar-refractivity contribution in [2.24, 2.45) is 11.7 Å². The molecule has 0 bridgehead atoms. The number of nitrogens with two attached hydrogens (primary N) is 1. The molecule has 2 saturated heterocycles. The standard InChI is InChI=1S/C23H33N7O3/c1-14-12-30-19(25-21(14)28-10-8-16(24)13-28)11-17(27-30)18-5-3-4-9-29(18)22(31)20(15-6-7-15)26-23(32)33-2/h11-12,15-16,18,20H,3-10,13,24H2,1-2H3,(H,26,32)/t16-,18+,20-/m0/s1. The Labute approximate surface area is 193 Å². The third-order valence-corrected chi connectivity index (χ3v) is 7.09. The monoisotopic (exact) mass is 455 g/mol. The lowest BCUT2D eigenvalue weighted by atomic mass is 9.97. The van der Waals surface area contributed by atoms with Crippen molar-refractivity contribution >= 4 is 23.5 Å². The lowest BCUT2D eigenvalue weighted by molar-refractivity contribution is -0.138. The summed E-state index contributed by atoms with van der Waals surface area (Å²) in [5, 5.41) is 7.58. The zero-order valence-electron chi connectivity index (χ0n) is 19.4. The fourth-order valence-electron chi connectivity index (χ4n) is 5.16. The molecule has 10 heteroatoms. The summed E-state index contributed by atoms with van der Waals surface area (Å²) in [6.07, 6.45) is 7.13. The molecule has 0 unspecified atom stereocenters. The van der Waals surface area contributed by atoms with Crippen molar-refractivity contribution in [1.82, 2.24) is 24.8 Å². The number of carbonyl (C=O) groups excluding carboxylic acids is 2. The molecule has 3 atom stereocenters. The molecule has 4 heterocycles. The van der Waals surface area contributed by atoms with E-state index in [1.54, 1.807) is 0 Å². The van der Waals surface area contributed by atoms with Crippen LogP contribution in [0.2, 0.25) is 0 Å². The molecule has 1 saturated carbocycles. The summed E-state index contributed by atoms with van der Waals surface area (Å²) in [5.74, 6) is 1.09. The van der Waals surface area contributed by atoms with Crippen LogP contribution in [0, 0.1) is 12.8 Å². The second-order valence-electron chi connectivity index (χ2n) is 9.61. The molecule has 10 nitrogen and oxygen atoms in total. The molecule has 178 valence electrons. The fraction of sp³-hybridized carbons (Fsp3) is 0.652. The van der Waals surface area contributed by atoms with E-state index in [2.05, 4.69) is 10.2 Å². The topological polar surface area (TPSA) is 118 Å². The SMILES string of the molecule is COC(=O)N[C@H](C(=O)N1CCCC[C@@H]1c1cc2nc(N3CC[C@H](N)C3)c(C)cn2n1)C1CC1. The number of hydrogen-bond acceptors (Lipinski definition) is 7. The number of nitrogens with one attached hydrogen (secondary N) is 1. The summed E-state index contributed by atoms with van der Waals surface area (Å²) < 4.78 is 6.57. The second-order valence-corrected chi connectivity index (χ2v) is 9.61. The van der Waals surface area contributed by atoms with E-state index in [0.717, 1.165) is 74.3 Å². The zero-order chi connectivity index (χ0) is 23.1. The molecule has 3 fully saturated rings. The van der Waals surface area contributed by atoms with Crippen molar-refractivity contribution in [2.75, 3.05) is 31.6 Å². The van der Waals surface area contributed by atoms with E-state index in [1.165, 1.54) is 7.11 Å². The average Bonchev–Trinajstić information content (AvgIpc) is 3.44. The van der Waals surface area contributed by atoms with E-state index in [1.807, 2.05) is 28.6 Å². The Bertz CT molecular complexity index is 1050. The van der Waals surface area contributed by atoms with Crippen molar-refractivity contribution in [2.45, 2.75) is 63.6 Å². The number of anilines is 1. The van der Waals surface area contributed by atoms with Gasteiger partial charge in [-0.3, -0.25) is 4.79 Å². The number of nitrogens with zero attached hydrogens (tertiary/aromatic N) is 5. The minimum Gasteiger partial charge on any atom is -0.453 e. The van der Waals surface area contributed by atoms with Crippen molar-refractivity contribution in [3.63, 3.8) is 0 Å². The number of carbonyl (C=O) groups is 2. The van der Waals surface area contributed by atoms with Gasteiger partial charge in [0.25, 0.3) is 0 Å². The molecule has 33 heavy (non-hydrogen) atoms. The summed E-state index contributed by atoms with van der Waals surface area (Å²) in [7, 11) is 1.32. The van der Waals surface area contributed by atoms with Crippen LogP contribution in [0.25, 0.3) is 5.65 Å². The van der Waals surface area contributed by atoms with Crippen LogP contribution in [-0.4, -0.2) is 70.3 Å². The lowest BCUT2D eigenvalue weighted by Gasteiger charge is -2.37. The molecular weight excluding hydrogens is 422 g/mol. The zero-order valence-corrected chi connectivity index (χ0v) is 19.4. The van der Waals surface area contributed by atoms with Crippen LogP contribution in [-0.2, 0) is 9.53 Å². The molecule has 3 N–H and O–H groups in total. The minimum atomic E-state index is -0.560. The maximum atomic E-state index is 13.5. The number of alkyl carbamates (subject to hydrolysis) is 1. The van der Waals surface area contributed by atoms with Crippen molar-refractivity contribution in [3.05, 3.63) is 23.5 Å². The maximum absolute atomic E-state index is 13.5. The fourth-order valence-corrected chi connectivity index (χ4v) is 5.16. The van der Waals surface area contributed by atoms with E-state index in [0.29, 0.717) is 6.54 Å². The van der Waals surface area contributed by atoms with Gasteiger partial charge in [0.05, 0.1) is 18.8 Å². The molecule has 2 aromatic rings. The first-order valence-corrected chi connectivity index (χ1v) is 12.0. The summed E-state index contributed by atoms with van der Waals surface area (Å²) in [6.45, 7) is 4.42. The molecule has 2 aromatic heterocycles. The number of aromatic nitrogens is 3. The largest absolute Gasteiger partial charge is 0.453 e. The van der Waals surface area contributed by atoms with Gasteiger partial charge in [-0.25, -0.2) is 14.3 Å². The summed E-state index contributed by atoms with van der Waals surface area (Å²) in [6, 6.07) is 1.51. The second kappa shape index (κ2) is 8.81. The Hall–Kier alpha value is -2.88. The van der Waals surface area contributed by atoms with E-state index in [4.69, 9.17) is 20.6 Å². The predicted octanol–water partition coefficient (Wildman–Crippen LogP) is 1.76. The highest BCUT2D eigenvalue weighted by atomic mass is 16.5. The van der Waals surface area contributed by atoms with Gasteiger partial charge in [0.15, 0.2) is 5.65 Å². The van der Waals surface area contributed by atoms with Gasteiger partial charge in [0.2, 0.25) is 5.91 Å². The molecule has 2 amide bonds. The number of amides is 2. The summed E-state index contributed by atoms with van der Waals surface area (Å²) >= 11 is 0. The van der Waals surface area contributed by atoms with Gasteiger partial charge < -0.3 is 25.6 Å². The van der Waals surface area contributed by atoms with Crippen LogP contribution in [0.1, 0.15) is 55.8 Å². The first-order valence-electron chi connectivity index (χ1n) is 12.0. The molecule has 0 radical (unpaired) electrons. The third kappa shape index (κ3) is 4.36. The highest BCUT2D eigenvalue weighted by Gasteiger charge is 2.42. The van der Waals surface area contributed by atoms with Crippen LogP contribution in [0.4, 0.5) is 10.6 Å². The quantitative estimate of drug-likeness (QED) is 0.705. The van der Waals surface area contributed by atoms with Gasteiger partial charge in [0, 0.05) is 43.5 Å². The van der Waals surface area contributed by atoms with E-state index in [-0.39, 0.29) is 23.9 Å². The first kappa shape index (κ1) is 21.9. The number of rotatable bonds is 5. The van der Waals surface area contributed by atoms with Gasteiger partial charge in [0.1, 0.15) is 11.9 Å². The highest BCUT2D eigenvalue weighted by molar-refractivity contribution is 5.86. The van der Waals surface area contributed by atoms with Crippen LogP contribution in [0.5, 0.6) is 0 Å². The molecule has 0 spiro atoms. The van der Waals surface area contributed by atoms with E-state index < -0.39 is 12.1 Å². The van der Waals surface area contributed by atoms with Gasteiger partial charge in [-0.2, -0.15) is 5.10 Å². The van der Waals surface area contributed by atoms with E-state index >= 15 is 0 Å². The minimum absolute atomic E-state index is 0.0412. The Morgan fingerprint density at radius 3 is 2.73 bits per heavy atom. The van der Waals surface area contributed by atoms with Gasteiger partial charge in [-0.15, -0.1) is 0 Å². The van der Waals surface area contributed by atoms with Crippen LogP contribution in [0.3, 0.4) is 0 Å². The normalized spacial score (nSPS) is 24.2. The number of likely N-dealkylation sites (tertiary alicyclic amines) is 1. The van der Waals surface area contributed by atoms with Gasteiger partial charge in [-0.1, -0.05) is 0 Å². The molecule has 0 aromatic carbocycles. The molecule has 3 aliphatic rings. The Balaban J connectivity index is 1.42. The number of fused-ring (bicyclic) bond motifs is 1. The highest BCUT2D eigenvalue weighted by Crippen LogP contribution is 2.37. The summed E-state index contributed by atoms with van der Waals surface area (Å²) in [4.78, 5) is 34.4. The van der Waals surface area contributed by atoms with Crippen molar-refractivity contribution in [1.29, 1.82) is 0 Å². The van der Waals surface area contributed by atoms with E-state index in [9.17, 15) is 9.59 Å². The molecule has 5 rings (SSSR count). The predicted molar refractivity (Wildman–Crippen MR) is 123 cm³/mol. The van der Waals surface area contributed by atoms with Crippen LogP contribution >= 0.6 is 0 Å². The maximum Gasteiger partial charge on any atom is 0.407 e. The van der Waals surface area contributed by atoms with Crippen molar-refractivity contribution in [3.8, 4) is 0 Å². The first-order chi connectivity index (χ1) is 15.9. The number of hydrogen-bond donors (Lipinski definition) is 2. The van der Waals surface area contributed by atoms with Crippen molar-refractivity contribution < 1.29 is 14.3 Å². The Morgan fingerprint density at radius 2 is 2.03 bits per heavy atom. The summed E-state index contributed by atoms with van der Waals surface area (Å²) in [5.41, 5.74) is 8.77. The van der Waals surface area contributed by atoms with Crippen LogP contribution < -0.4 is 16.0 Å². The molecule has 1 aliphatic carbocycles. The van der Waals surface area contributed by atoms with Gasteiger partial charge >= 0.3 is 6.09 Å². The molecular formula is C23H33N7O3. The molecule has 2 aliphatic heterocycles. The van der Waals surface area contributed by atoms with Crippen LogP contribution in [0.15, 0.2) is 12.3 Å². The Morgan fingerprint density at radius 1 is 1.21 bits per heavy atom.